The maximum absolute atomic E-state index is 12.5. The van der Waals surface area contributed by atoms with E-state index in [0.29, 0.717) is 5.70 Å². The van der Waals surface area contributed by atoms with Crippen molar-refractivity contribution in [2.24, 2.45) is 10.4 Å². The van der Waals surface area contributed by atoms with Gasteiger partial charge in [-0.15, -0.1) is 13.2 Å². The number of aliphatic imine (C=N–C) groups is 1. The summed E-state index contributed by atoms with van der Waals surface area (Å²) < 4.78 is 41.1. The molecule has 2 heterocycles. The number of nitrogens with one attached hydrogen (secondary N) is 2. The topological polar surface area (TPSA) is 87.3 Å². The minimum Gasteiger partial charge on any atom is -0.406 e. The van der Waals surface area contributed by atoms with Gasteiger partial charge in [0.25, 0.3) is 11.1 Å². The highest BCUT2D eigenvalue weighted by molar-refractivity contribution is 5.67. The number of ether oxygens (including phenoxy) is 1. The van der Waals surface area contributed by atoms with Crippen LogP contribution >= 0.6 is 0 Å². The van der Waals surface area contributed by atoms with Crippen LogP contribution in [0, 0.1) is 5.41 Å². The van der Waals surface area contributed by atoms with Crippen LogP contribution in [0.4, 0.5) is 13.2 Å². The molecule has 0 bridgehead atoms. The smallest absolute Gasteiger partial charge is 0.406 e. The van der Waals surface area contributed by atoms with Crippen molar-refractivity contribution in [3.8, 4) is 5.75 Å². The van der Waals surface area contributed by atoms with E-state index in [1.165, 1.54) is 24.3 Å². The molecule has 1 aromatic carbocycles. The first-order chi connectivity index (χ1) is 14.4. The lowest BCUT2D eigenvalue weighted by Gasteiger charge is -2.26. The second-order valence-electron chi connectivity index (χ2n) is 8.11. The first-order valence-electron chi connectivity index (χ1n) is 9.60. The fourth-order valence-electron chi connectivity index (χ4n) is 3.26. The number of hydrogen-bond acceptors (Lipinski definition) is 4. The van der Waals surface area contributed by atoms with Gasteiger partial charge < -0.3 is 14.7 Å². The Morgan fingerprint density at radius 1 is 1.03 bits per heavy atom. The van der Waals surface area contributed by atoms with Crippen LogP contribution in [0.5, 0.6) is 5.75 Å². The Kier molecular flexibility index (Phi) is 6.06. The van der Waals surface area contributed by atoms with E-state index in [-0.39, 0.29) is 21.7 Å². The molecule has 164 valence electrons. The number of aromatic nitrogens is 2. The van der Waals surface area contributed by atoms with Crippen molar-refractivity contribution in [1.29, 1.82) is 0 Å². The van der Waals surface area contributed by atoms with Crippen LogP contribution in [0.2, 0.25) is 0 Å². The zero-order chi connectivity index (χ0) is 22.8. The standard InChI is InChI=1S/C22H22F3N3O3/c1-21(2,3)15-8-5-9-26-16(15)12-18-20(30)27-17(19(29)28-18)11-13-6-4-7-14(10-13)31-22(23,24)25/h4,6-7,9-12H,5,8H2,1-3H3,(H,27,30)(H,28,29)/b17-11-,18-12-. The number of rotatable bonds is 3. The van der Waals surface area contributed by atoms with Gasteiger partial charge in [0.15, 0.2) is 0 Å². The van der Waals surface area contributed by atoms with E-state index in [4.69, 9.17) is 0 Å². The number of nitrogens with zero attached hydrogens (tertiary/aromatic N) is 1. The van der Waals surface area contributed by atoms with Crippen LogP contribution in [0.1, 0.15) is 39.2 Å². The lowest BCUT2D eigenvalue weighted by molar-refractivity contribution is -0.274. The van der Waals surface area contributed by atoms with Gasteiger partial charge in [-0.05, 0) is 53.7 Å². The van der Waals surface area contributed by atoms with Crippen molar-refractivity contribution in [1.82, 2.24) is 9.97 Å². The molecule has 9 heteroatoms. The highest BCUT2D eigenvalue weighted by Gasteiger charge is 2.31. The fraction of sp³-hybridized carbons (Fsp3) is 0.318. The predicted molar refractivity (Wildman–Crippen MR) is 112 cm³/mol. The highest BCUT2D eigenvalue weighted by Crippen LogP contribution is 2.34. The summed E-state index contributed by atoms with van der Waals surface area (Å²) in [5, 5.41) is -0.0458. The monoisotopic (exact) mass is 433 g/mol. The van der Waals surface area contributed by atoms with Crippen molar-refractivity contribution in [2.45, 2.75) is 40.0 Å². The van der Waals surface area contributed by atoms with E-state index < -0.39 is 23.2 Å². The zero-order valence-electron chi connectivity index (χ0n) is 17.3. The highest BCUT2D eigenvalue weighted by atomic mass is 19.4. The Hall–Kier alpha value is -3.36. The second kappa shape index (κ2) is 8.41. The Balaban J connectivity index is 2.06. The zero-order valence-corrected chi connectivity index (χ0v) is 17.3. The summed E-state index contributed by atoms with van der Waals surface area (Å²) in [6.45, 7) is 6.16. The Morgan fingerprint density at radius 2 is 1.68 bits per heavy atom. The number of aromatic amines is 2. The van der Waals surface area contributed by atoms with Crippen LogP contribution in [0.25, 0.3) is 12.2 Å². The molecule has 0 fully saturated rings. The van der Waals surface area contributed by atoms with Crippen LogP contribution in [-0.2, 0) is 0 Å². The van der Waals surface area contributed by atoms with E-state index >= 15 is 0 Å². The van der Waals surface area contributed by atoms with Crippen molar-refractivity contribution in [2.75, 3.05) is 0 Å². The van der Waals surface area contributed by atoms with E-state index in [2.05, 4.69) is 40.5 Å². The number of hydrogen-bond donors (Lipinski definition) is 2. The van der Waals surface area contributed by atoms with E-state index in [1.807, 2.05) is 0 Å². The first kappa shape index (κ1) is 22.3. The molecule has 1 aliphatic rings. The average molecular weight is 433 g/mol. The molecular formula is C22H22F3N3O3. The molecule has 1 aromatic heterocycles. The third kappa shape index (κ3) is 5.84. The molecular weight excluding hydrogens is 411 g/mol. The molecule has 0 spiro atoms. The summed E-state index contributed by atoms with van der Waals surface area (Å²) in [4.78, 5) is 34.4. The molecule has 0 unspecified atom stereocenters. The molecule has 6 nitrogen and oxygen atoms in total. The number of alkyl halides is 3. The Morgan fingerprint density at radius 3 is 2.29 bits per heavy atom. The molecule has 0 radical (unpaired) electrons. The summed E-state index contributed by atoms with van der Waals surface area (Å²) in [5.41, 5.74) is 0.685. The largest absolute Gasteiger partial charge is 0.573 e. The van der Waals surface area contributed by atoms with E-state index in [1.54, 1.807) is 6.21 Å². The normalized spacial score (nSPS) is 16.2. The third-order valence-electron chi connectivity index (χ3n) is 4.64. The van der Waals surface area contributed by atoms with Crippen molar-refractivity contribution in [3.63, 3.8) is 0 Å². The van der Waals surface area contributed by atoms with Crippen LogP contribution in [0.15, 0.2) is 50.1 Å². The third-order valence-corrected chi connectivity index (χ3v) is 4.64. The predicted octanol–water partition coefficient (Wildman–Crippen LogP) is 2.74. The van der Waals surface area contributed by atoms with Crippen LogP contribution in [0.3, 0.4) is 0 Å². The summed E-state index contributed by atoms with van der Waals surface area (Å²) in [6.07, 6.45) is 1.37. The molecule has 1 aliphatic heterocycles. The molecule has 31 heavy (non-hydrogen) atoms. The van der Waals surface area contributed by atoms with Gasteiger partial charge in [-0.1, -0.05) is 32.9 Å². The fourth-order valence-corrected chi connectivity index (χ4v) is 3.26. The molecule has 3 rings (SSSR count). The minimum absolute atomic E-state index is 0.0482. The molecule has 2 N–H and O–H groups in total. The lowest BCUT2D eigenvalue weighted by atomic mass is 9.81. The molecule has 0 saturated heterocycles. The van der Waals surface area contributed by atoms with Gasteiger partial charge in [-0.2, -0.15) is 0 Å². The number of benzene rings is 1. The Bertz CT molecular complexity index is 1280. The quantitative estimate of drug-likeness (QED) is 0.781. The number of halogens is 3. The summed E-state index contributed by atoms with van der Waals surface area (Å²) >= 11 is 0. The first-order valence-corrected chi connectivity index (χ1v) is 9.60. The average Bonchev–Trinajstić information content (AvgIpc) is 2.64. The SMILES string of the molecule is CC(C)(C)C1=C(/C=c2\[nH]c(=O)/c(=C/c3cccc(OC(F)(F)F)c3)[nH]c2=O)N=CCC1. The summed E-state index contributed by atoms with van der Waals surface area (Å²) in [7, 11) is 0. The van der Waals surface area contributed by atoms with Gasteiger partial charge in [-0.3, -0.25) is 14.6 Å². The van der Waals surface area contributed by atoms with Gasteiger partial charge in [0.1, 0.15) is 16.4 Å². The molecule has 0 aliphatic carbocycles. The Labute approximate surface area is 175 Å². The van der Waals surface area contributed by atoms with Gasteiger partial charge in [0.05, 0.1) is 5.70 Å². The van der Waals surface area contributed by atoms with Gasteiger partial charge >= 0.3 is 6.36 Å². The summed E-state index contributed by atoms with van der Waals surface area (Å²) in [5.74, 6) is -0.429. The lowest BCUT2D eigenvalue weighted by Crippen LogP contribution is -2.46. The maximum Gasteiger partial charge on any atom is 0.573 e. The minimum atomic E-state index is -4.83. The molecule has 0 saturated carbocycles. The van der Waals surface area contributed by atoms with Gasteiger partial charge in [-0.25, -0.2) is 0 Å². The molecule has 0 amide bonds. The van der Waals surface area contributed by atoms with Crippen molar-refractivity contribution in [3.05, 3.63) is 72.5 Å². The maximum atomic E-state index is 12.5. The van der Waals surface area contributed by atoms with Gasteiger partial charge in [0.2, 0.25) is 0 Å². The van der Waals surface area contributed by atoms with Crippen LogP contribution < -0.4 is 26.6 Å². The van der Waals surface area contributed by atoms with Crippen molar-refractivity contribution < 1.29 is 17.9 Å². The second-order valence-corrected chi connectivity index (χ2v) is 8.11. The number of allylic oxidation sites excluding steroid dienone is 2. The van der Waals surface area contributed by atoms with Crippen LogP contribution in [-0.4, -0.2) is 22.5 Å². The van der Waals surface area contributed by atoms with Gasteiger partial charge in [0, 0.05) is 6.21 Å². The van der Waals surface area contributed by atoms with E-state index in [9.17, 15) is 22.8 Å². The molecule has 0 atom stereocenters. The van der Waals surface area contributed by atoms with E-state index in [0.717, 1.165) is 30.5 Å². The van der Waals surface area contributed by atoms with Crippen molar-refractivity contribution >= 4 is 18.4 Å². The number of H-pyrrole nitrogens is 2. The summed E-state index contributed by atoms with van der Waals surface area (Å²) in [6, 6.07) is 5.09. The molecule has 2 aromatic rings.